The summed E-state index contributed by atoms with van der Waals surface area (Å²) in [4.78, 5) is 11.1. The Bertz CT molecular complexity index is 484. The number of benzene rings is 1. The Kier molecular flexibility index (Phi) is 3.43. The Morgan fingerprint density at radius 2 is 1.38 bits per heavy atom. The van der Waals surface area contributed by atoms with Gasteiger partial charge in [0.05, 0.1) is 0 Å². The highest BCUT2D eigenvalue weighted by molar-refractivity contribution is 6.31. The summed E-state index contributed by atoms with van der Waals surface area (Å²) in [5, 5.41) is 0.562. The Balaban J connectivity index is 2.23. The molecule has 2 aromatic rings. The van der Waals surface area contributed by atoms with Crippen molar-refractivity contribution in [3.05, 3.63) is 39.9 Å². The van der Waals surface area contributed by atoms with Gasteiger partial charge in [-0.15, -0.1) is 0 Å². The van der Waals surface area contributed by atoms with E-state index in [4.69, 9.17) is 39.5 Å². The van der Waals surface area contributed by atoms with Crippen LogP contribution < -0.4 is 4.74 Å². The van der Waals surface area contributed by atoms with Crippen LogP contribution in [0.4, 0.5) is 0 Å². The van der Waals surface area contributed by atoms with Crippen molar-refractivity contribution in [2.75, 3.05) is 0 Å². The lowest BCUT2D eigenvalue weighted by Gasteiger charge is -2.03. The average molecular weight is 277 g/mol. The zero-order valence-electron chi connectivity index (χ0n) is 7.69. The Morgan fingerprint density at radius 3 is 1.94 bits per heavy atom. The average Bonchev–Trinajstić information content (AvgIpc) is 2.20. The van der Waals surface area contributed by atoms with Crippen molar-refractivity contribution in [3.8, 4) is 11.8 Å². The zero-order valence-corrected chi connectivity index (χ0v) is 9.96. The largest absolute Gasteiger partial charge is 0.424 e. The summed E-state index contributed by atoms with van der Waals surface area (Å²) < 4.78 is 5.31. The second-order valence-corrected chi connectivity index (χ2v) is 3.82. The minimum Gasteiger partial charge on any atom is -0.424 e. The molecule has 0 unspecified atom stereocenters. The van der Waals surface area contributed by atoms with Crippen molar-refractivity contribution in [2.24, 2.45) is 0 Å². The van der Waals surface area contributed by atoms with Gasteiger partial charge in [-0.2, -0.15) is 15.0 Å². The van der Waals surface area contributed by atoms with E-state index in [0.29, 0.717) is 10.8 Å². The van der Waals surface area contributed by atoms with E-state index in [2.05, 4.69) is 15.0 Å². The van der Waals surface area contributed by atoms with Crippen LogP contribution in [0.3, 0.4) is 0 Å². The molecule has 0 saturated carbocycles. The molecule has 4 nitrogen and oxygen atoms in total. The van der Waals surface area contributed by atoms with Crippen LogP contribution in [0.25, 0.3) is 0 Å². The quantitative estimate of drug-likeness (QED) is 0.840. The monoisotopic (exact) mass is 275 g/mol. The van der Waals surface area contributed by atoms with Gasteiger partial charge < -0.3 is 4.74 Å². The number of rotatable bonds is 2. The first-order chi connectivity index (χ1) is 7.63. The second-order valence-electron chi connectivity index (χ2n) is 2.71. The molecule has 1 aromatic carbocycles. The summed E-state index contributed by atoms with van der Waals surface area (Å²) in [6.45, 7) is 0. The predicted molar refractivity (Wildman–Crippen MR) is 61.4 cm³/mol. The topological polar surface area (TPSA) is 47.9 Å². The van der Waals surface area contributed by atoms with Crippen LogP contribution in [0.2, 0.25) is 15.6 Å². The molecule has 0 aliphatic rings. The molecular formula is C9H4Cl3N3O. The van der Waals surface area contributed by atoms with Gasteiger partial charge >= 0.3 is 6.01 Å². The maximum absolute atomic E-state index is 5.73. The number of ether oxygens (including phenoxy) is 1. The van der Waals surface area contributed by atoms with Gasteiger partial charge in [0.25, 0.3) is 0 Å². The van der Waals surface area contributed by atoms with Gasteiger partial charge in [-0.1, -0.05) is 11.6 Å². The van der Waals surface area contributed by atoms with E-state index in [1.54, 1.807) is 24.3 Å². The van der Waals surface area contributed by atoms with E-state index < -0.39 is 0 Å². The highest BCUT2D eigenvalue weighted by Gasteiger charge is 2.05. The van der Waals surface area contributed by atoms with Gasteiger partial charge in [0.2, 0.25) is 10.6 Å². The third kappa shape index (κ3) is 2.95. The molecular weight excluding hydrogens is 272 g/mol. The highest BCUT2D eigenvalue weighted by Crippen LogP contribution is 2.21. The Morgan fingerprint density at radius 1 is 0.812 bits per heavy atom. The molecule has 1 heterocycles. The minimum absolute atomic E-state index is 0.0241. The number of aromatic nitrogens is 3. The van der Waals surface area contributed by atoms with Crippen molar-refractivity contribution in [3.63, 3.8) is 0 Å². The number of hydrogen-bond acceptors (Lipinski definition) is 4. The smallest absolute Gasteiger partial charge is 0.327 e. The van der Waals surface area contributed by atoms with Gasteiger partial charge in [-0.25, -0.2) is 0 Å². The van der Waals surface area contributed by atoms with Crippen molar-refractivity contribution >= 4 is 34.8 Å². The number of halogens is 3. The van der Waals surface area contributed by atoms with Crippen molar-refractivity contribution < 1.29 is 4.74 Å². The molecule has 2 rings (SSSR count). The van der Waals surface area contributed by atoms with Crippen LogP contribution in [0.15, 0.2) is 24.3 Å². The van der Waals surface area contributed by atoms with Crippen molar-refractivity contribution in [1.82, 2.24) is 15.0 Å². The van der Waals surface area contributed by atoms with Gasteiger partial charge in [-0.3, -0.25) is 0 Å². The van der Waals surface area contributed by atoms with Crippen LogP contribution in [0.5, 0.6) is 11.8 Å². The lowest BCUT2D eigenvalue weighted by atomic mass is 10.3. The van der Waals surface area contributed by atoms with Crippen LogP contribution >= 0.6 is 34.8 Å². The fourth-order valence-corrected chi connectivity index (χ4v) is 1.44. The van der Waals surface area contributed by atoms with Gasteiger partial charge in [0.1, 0.15) is 5.75 Å². The SMILES string of the molecule is Clc1ccc(Oc2nc(Cl)nc(Cl)n2)cc1. The molecule has 0 saturated heterocycles. The maximum atomic E-state index is 5.73. The van der Waals surface area contributed by atoms with Gasteiger partial charge in [-0.05, 0) is 47.5 Å². The first-order valence-corrected chi connectivity index (χ1v) is 5.27. The lowest BCUT2D eigenvalue weighted by molar-refractivity contribution is 0.439. The van der Waals surface area contributed by atoms with Crippen molar-refractivity contribution in [1.29, 1.82) is 0 Å². The predicted octanol–water partition coefficient (Wildman–Crippen LogP) is 3.62. The third-order valence-electron chi connectivity index (χ3n) is 1.58. The zero-order chi connectivity index (χ0) is 11.5. The highest BCUT2D eigenvalue weighted by atomic mass is 35.5. The molecule has 0 aliphatic carbocycles. The first kappa shape index (κ1) is 11.4. The number of hydrogen-bond donors (Lipinski definition) is 0. The number of nitrogens with zero attached hydrogens (tertiary/aromatic N) is 3. The van der Waals surface area contributed by atoms with Gasteiger partial charge in [0, 0.05) is 5.02 Å². The normalized spacial score (nSPS) is 10.2. The Hall–Kier alpha value is -1.10. The van der Waals surface area contributed by atoms with E-state index in [1.165, 1.54) is 0 Å². The summed E-state index contributed by atoms with van der Waals surface area (Å²) >= 11 is 16.9. The van der Waals surface area contributed by atoms with Gasteiger partial charge in [0.15, 0.2) is 0 Å². The molecule has 0 spiro atoms. The lowest BCUT2D eigenvalue weighted by Crippen LogP contribution is -1.94. The molecule has 82 valence electrons. The second kappa shape index (κ2) is 4.82. The molecule has 0 bridgehead atoms. The molecule has 0 N–H and O–H groups in total. The van der Waals surface area contributed by atoms with Crippen LogP contribution in [0, 0.1) is 0 Å². The summed E-state index contributed by atoms with van der Waals surface area (Å²) in [5.41, 5.74) is 0. The third-order valence-corrected chi connectivity index (χ3v) is 2.17. The van der Waals surface area contributed by atoms with E-state index in [9.17, 15) is 0 Å². The van der Waals surface area contributed by atoms with E-state index >= 15 is 0 Å². The summed E-state index contributed by atoms with van der Waals surface area (Å²) in [7, 11) is 0. The maximum Gasteiger partial charge on any atom is 0.327 e. The molecule has 0 atom stereocenters. The summed E-state index contributed by atoms with van der Waals surface area (Å²) in [5.74, 6) is 0.530. The van der Waals surface area contributed by atoms with E-state index in [0.717, 1.165) is 0 Å². The first-order valence-electron chi connectivity index (χ1n) is 4.14. The molecule has 16 heavy (non-hydrogen) atoms. The van der Waals surface area contributed by atoms with Crippen LogP contribution in [-0.4, -0.2) is 15.0 Å². The fourth-order valence-electron chi connectivity index (χ4n) is 0.963. The molecule has 1 aromatic heterocycles. The summed E-state index contributed by atoms with van der Waals surface area (Å²) in [6.07, 6.45) is 0. The molecule has 0 fully saturated rings. The molecule has 0 amide bonds. The standard InChI is InChI=1S/C9H4Cl3N3O/c10-5-1-3-6(4-2-5)16-9-14-7(11)13-8(12)15-9/h1-4H. The summed E-state index contributed by atoms with van der Waals surface area (Å²) in [6, 6.07) is 6.75. The van der Waals surface area contributed by atoms with Crippen molar-refractivity contribution in [2.45, 2.75) is 0 Å². The molecule has 0 aliphatic heterocycles. The minimum atomic E-state index is -0.0241. The fraction of sp³-hybridized carbons (Fsp3) is 0. The van der Waals surface area contributed by atoms with Crippen LogP contribution in [-0.2, 0) is 0 Å². The molecule has 7 heteroatoms. The van der Waals surface area contributed by atoms with E-state index in [-0.39, 0.29) is 16.6 Å². The van der Waals surface area contributed by atoms with Crippen LogP contribution in [0.1, 0.15) is 0 Å². The molecule has 0 radical (unpaired) electrons. The Labute approximate surface area is 106 Å². The van der Waals surface area contributed by atoms with E-state index in [1.807, 2.05) is 0 Å².